The molecule has 2 aromatic rings. The Morgan fingerprint density at radius 2 is 2.00 bits per heavy atom. The highest BCUT2D eigenvalue weighted by Gasteiger charge is 2.46. The Morgan fingerprint density at radius 1 is 1.23 bits per heavy atom. The van der Waals surface area contributed by atoms with Gasteiger partial charge in [-0.05, 0) is 30.5 Å². The van der Waals surface area contributed by atoms with E-state index in [0.717, 1.165) is 12.1 Å². The second-order valence-corrected chi connectivity index (χ2v) is 7.87. The monoisotopic (exact) mass is 423 g/mol. The molecule has 1 atom stereocenters. The lowest BCUT2D eigenvalue weighted by atomic mass is 10.2. The number of alkyl halides is 1. The molecule has 1 aromatic carbocycles. The molecule has 2 fully saturated rings. The molecule has 2 aliphatic heterocycles. The van der Waals surface area contributed by atoms with Crippen molar-refractivity contribution in [2.24, 2.45) is 0 Å². The molecule has 0 spiro atoms. The number of ether oxygens (including phenoxy) is 3. The van der Waals surface area contributed by atoms with Crippen LogP contribution in [-0.2, 0) is 17.9 Å². The van der Waals surface area contributed by atoms with Gasteiger partial charge in [0.1, 0.15) is 24.8 Å². The summed E-state index contributed by atoms with van der Waals surface area (Å²) in [4.78, 5) is 18.1. The minimum absolute atomic E-state index is 0.0693. The van der Waals surface area contributed by atoms with Crippen molar-refractivity contribution in [2.75, 3.05) is 24.9 Å². The molecule has 3 heterocycles. The molecule has 1 saturated carbocycles. The van der Waals surface area contributed by atoms with E-state index in [-0.39, 0.29) is 30.5 Å². The maximum Gasteiger partial charge on any atom is 0.352 e. The fraction of sp³-hybridized carbons (Fsp3) is 0.500. The predicted octanol–water partition coefficient (Wildman–Crippen LogP) is 2.55. The van der Waals surface area contributed by atoms with Crippen LogP contribution in [0, 0.1) is 11.6 Å². The summed E-state index contributed by atoms with van der Waals surface area (Å²) in [7, 11) is 0. The van der Waals surface area contributed by atoms with E-state index < -0.39 is 35.3 Å². The molecule has 7 nitrogen and oxygen atoms in total. The van der Waals surface area contributed by atoms with E-state index in [4.69, 9.17) is 14.2 Å². The Balaban J connectivity index is 1.31. The van der Waals surface area contributed by atoms with Crippen molar-refractivity contribution < 1.29 is 27.4 Å². The molecule has 0 bridgehead atoms. The van der Waals surface area contributed by atoms with Gasteiger partial charge in [-0.15, -0.1) is 0 Å². The molecule has 1 aromatic heterocycles. The maximum atomic E-state index is 14.4. The molecule has 10 heteroatoms. The van der Waals surface area contributed by atoms with Gasteiger partial charge in [-0.3, -0.25) is 8.96 Å². The molecule has 3 aliphatic rings. The van der Waals surface area contributed by atoms with E-state index in [1.165, 1.54) is 0 Å². The number of rotatable bonds is 7. The van der Waals surface area contributed by atoms with Crippen LogP contribution in [-0.4, -0.2) is 41.2 Å². The fourth-order valence-electron chi connectivity index (χ4n) is 3.94. The third kappa shape index (κ3) is 3.38. The summed E-state index contributed by atoms with van der Waals surface area (Å²) >= 11 is 0. The highest BCUT2D eigenvalue weighted by molar-refractivity contribution is 5.47. The quantitative estimate of drug-likeness (QED) is 0.682. The van der Waals surface area contributed by atoms with Crippen LogP contribution in [0.4, 0.5) is 19.0 Å². The van der Waals surface area contributed by atoms with Crippen LogP contribution in [0.15, 0.2) is 23.0 Å². The third-order valence-corrected chi connectivity index (χ3v) is 5.76. The number of aromatic nitrogens is 2. The molecule has 30 heavy (non-hydrogen) atoms. The van der Waals surface area contributed by atoms with Gasteiger partial charge in [-0.2, -0.15) is 4.98 Å². The number of halogens is 3. The number of hydrogen-bond donors (Lipinski definition) is 0. The Kier molecular flexibility index (Phi) is 4.61. The van der Waals surface area contributed by atoms with E-state index in [2.05, 4.69) is 4.98 Å². The molecule has 1 saturated heterocycles. The molecule has 1 unspecified atom stereocenters. The van der Waals surface area contributed by atoms with Gasteiger partial charge in [0.15, 0.2) is 17.4 Å². The van der Waals surface area contributed by atoms with Crippen molar-refractivity contribution in [3.8, 4) is 11.6 Å². The highest BCUT2D eigenvalue weighted by Crippen LogP contribution is 2.44. The first-order valence-corrected chi connectivity index (χ1v) is 9.80. The van der Waals surface area contributed by atoms with E-state index in [1.807, 2.05) is 4.90 Å². The Hall–Kier alpha value is -2.75. The minimum atomic E-state index is -0.877. The van der Waals surface area contributed by atoms with Gasteiger partial charge in [0.2, 0.25) is 5.88 Å². The molecular weight excluding hydrogens is 403 g/mol. The number of fused-ring (bicyclic) bond motifs is 3. The first-order valence-electron chi connectivity index (χ1n) is 9.80. The van der Waals surface area contributed by atoms with E-state index in [0.29, 0.717) is 38.5 Å². The molecule has 0 radical (unpaired) electrons. The van der Waals surface area contributed by atoms with Gasteiger partial charge in [-0.25, -0.2) is 13.6 Å². The molecule has 0 amide bonds. The second kappa shape index (κ2) is 7.19. The van der Waals surface area contributed by atoms with E-state index in [1.54, 1.807) is 10.6 Å². The molecule has 5 rings (SSSR count). The second-order valence-electron chi connectivity index (χ2n) is 7.87. The van der Waals surface area contributed by atoms with Gasteiger partial charge in [0, 0.05) is 12.5 Å². The summed E-state index contributed by atoms with van der Waals surface area (Å²) < 4.78 is 59.4. The van der Waals surface area contributed by atoms with Gasteiger partial charge in [0.05, 0.1) is 25.9 Å². The SMILES string of the molecule is O=c1nc(OCc2cc(F)c(OC3(CCF)CC3)c(F)c2)cc2n1CC1COCN21. The lowest BCUT2D eigenvalue weighted by Crippen LogP contribution is -2.26. The first kappa shape index (κ1) is 19.2. The Bertz CT molecular complexity index is 1020. The lowest BCUT2D eigenvalue weighted by Gasteiger charge is -2.18. The van der Waals surface area contributed by atoms with Crippen LogP contribution in [0.5, 0.6) is 11.6 Å². The predicted molar refractivity (Wildman–Crippen MR) is 99.5 cm³/mol. The standard InChI is InChI=1S/C20H20F3N3O4/c21-4-3-20(1-2-20)30-18-14(22)5-12(6-15(18)23)9-29-16-7-17-25(19(27)24-16)8-13-10-28-11-26(13)17/h5-7,13H,1-4,8-11H2. The van der Waals surface area contributed by atoms with Crippen LogP contribution >= 0.6 is 0 Å². The summed E-state index contributed by atoms with van der Waals surface area (Å²) in [5.41, 5.74) is -1.03. The summed E-state index contributed by atoms with van der Waals surface area (Å²) in [5.74, 6) is -1.54. The van der Waals surface area contributed by atoms with Crippen molar-refractivity contribution in [1.29, 1.82) is 0 Å². The largest absolute Gasteiger partial charge is 0.481 e. The van der Waals surface area contributed by atoms with Crippen molar-refractivity contribution >= 4 is 5.82 Å². The van der Waals surface area contributed by atoms with Gasteiger partial charge >= 0.3 is 5.69 Å². The number of hydrogen-bond acceptors (Lipinski definition) is 6. The Morgan fingerprint density at radius 3 is 2.70 bits per heavy atom. The van der Waals surface area contributed by atoms with Crippen molar-refractivity contribution in [2.45, 2.75) is 44.1 Å². The van der Waals surface area contributed by atoms with Crippen LogP contribution in [0.25, 0.3) is 0 Å². The molecular formula is C20H20F3N3O4. The third-order valence-electron chi connectivity index (χ3n) is 5.76. The van der Waals surface area contributed by atoms with Crippen molar-refractivity contribution in [1.82, 2.24) is 9.55 Å². The summed E-state index contributed by atoms with van der Waals surface area (Å²) in [6.45, 7) is 0.641. The Labute approximate surface area is 170 Å². The summed E-state index contributed by atoms with van der Waals surface area (Å²) in [6.07, 6.45) is 1.26. The highest BCUT2D eigenvalue weighted by atomic mass is 19.1. The van der Waals surface area contributed by atoms with Gasteiger partial charge < -0.3 is 19.1 Å². The summed E-state index contributed by atoms with van der Waals surface area (Å²) in [5, 5.41) is 0. The van der Waals surface area contributed by atoms with E-state index in [9.17, 15) is 18.0 Å². The van der Waals surface area contributed by atoms with Crippen LogP contribution in [0.2, 0.25) is 0 Å². The number of anilines is 1. The number of benzene rings is 1. The smallest absolute Gasteiger partial charge is 0.352 e. The average molecular weight is 423 g/mol. The van der Waals surface area contributed by atoms with Crippen LogP contribution in [0.1, 0.15) is 24.8 Å². The van der Waals surface area contributed by atoms with Crippen LogP contribution in [0.3, 0.4) is 0 Å². The molecule has 1 aliphatic carbocycles. The average Bonchev–Trinajstić information content (AvgIpc) is 3.15. The zero-order valence-electron chi connectivity index (χ0n) is 16.1. The first-order chi connectivity index (χ1) is 14.5. The van der Waals surface area contributed by atoms with Crippen molar-refractivity contribution in [3.05, 3.63) is 45.9 Å². The van der Waals surface area contributed by atoms with Crippen LogP contribution < -0.4 is 20.1 Å². The fourth-order valence-corrected chi connectivity index (χ4v) is 3.94. The zero-order chi connectivity index (χ0) is 20.9. The normalized spacial score (nSPS) is 20.8. The minimum Gasteiger partial charge on any atom is -0.481 e. The number of nitrogens with zero attached hydrogens (tertiary/aromatic N) is 3. The van der Waals surface area contributed by atoms with Crippen molar-refractivity contribution in [3.63, 3.8) is 0 Å². The maximum absolute atomic E-state index is 14.4. The van der Waals surface area contributed by atoms with E-state index >= 15 is 0 Å². The zero-order valence-corrected chi connectivity index (χ0v) is 16.1. The van der Waals surface area contributed by atoms with Gasteiger partial charge in [-0.1, -0.05) is 0 Å². The summed E-state index contributed by atoms with van der Waals surface area (Å²) in [6, 6.07) is 3.93. The lowest BCUT2D eigenvalue weighted by molar-refractivity contribution is 0.142. The van der Waals surface area contributed by atoms with Gasteiger partial charge in [0.25, 0.3) is 0 Å². The topological polar surface area (TPSA) is 65.8 Å². The molecule has 160 valence electrons. The molecule has 0 N–H and O–H groups in total.